The number of hydrogen-bond acceptors (Lipinski definition) is 3. The van der Waals surface area contributed by atoms with Gasteiger partial charge in [0.25, 0.3) is 12.3 Å². The van der Waals surface area contributed by atoms with Crippen molar-refractivity contribution < 1.29 is 67.0 Å². The highest BCUT2D eigenvalue weighted by Crippen LogP contribution is 2.36. The molecule has 0 saturated carbocycles. The molecule has 0 heterocycles. The molecule has 0 aliphatic rings. The summed E-state index contributed by atoms with van der Waals surface area (Å²) in [5.74, 6) is -10.7. The molecular weight excluding hydrogens is 384 g/mol. The largest absolute Gasteiger partial charge is 0.508 e. The van der Waals surface area contributed by atoms with E-state index < -0.39 is 55.9 Å². The molecule has 15 heteroatoms. The van der Waals surface area contributed by atoms with E-state index in [4.69, 9.17) is 0 Å². The van der Waals surface area contributed by atoms with Gasteiger partial charge in [-0.2, -0.15) is 43.9 Å². The first-order chi connectivity index (χ1) is 10.4. The predicted octanol–water partition coefficient (Wildman–Crippen LogP) is 4.21. The maximum atomic E-state index is 12.6. The zero-order valence-electron chi connectivity index (χ0n) is 10.8. The first-order valence-corrected chi connectivity index (χ1v) is 5.38. The van der Waals surface area contributed by atoms with Crippen molar-refractivity contribution in [2.45, 2.75) is 36.5 Å². The Bertz CT molecular complexity index is 390. The lowest BCUT2D eigenvalue weighted by Crippen LogP contribution is -2.46. The highest BCUT2D eigenvalue weighted by Gasteiger charge is 2.59. The van der Waals surface area contributed by atoms with Crippen LogP contribution in [0.2, 0.25) is 0 Å². The molecule has 0 unspecified atom stereocenters. The molecule has 0 fully saturated rings. The summed E-state index contributed by atoms with van der Waals surface area (Å²) >= 11 is 0. The zero-order valence-corrected chi connectivity index (χ0v) is 10.8. The molecule has 0 rings (SSSR count). The summed E-state index contributed by atoms with van der Waals surface area (Å²) in [6.45, 7) is -5.23. The van der Waals surface area contributed by atoms with Gasteiger partial charge in [-0.15, -0.1) is 0 Å². The second kappa shape index (κ2) is 7.13. The van der Waals surface area contributed by atoms with Gasteiger partial charge in [0.2, 0.25) is 0 Å². The minimum absolute atomic E-state index is 2.59. The minimum atomic E-state index is -6.04. The van der Waals surface area contributed by atoms with E-state index in [-0.39, 0.29) is 0 Å². The van der Waals surface area contributed by atoms with Crippen LogP contribution in [0.5, 0.6) is 0 Å². The van der Waals surface area contributed by atoms with E-state index in [2.05, 4.69) is 9.47 Å². The molecule has 24 heavy (non-hydrogen) atoms. The van der Waals surface area contributed by atoms with Crippen LogP contribution >= 0.6 is 0 Å². The number of ether oxygens (including phenoxy) is 2. The minimum Gasteiger partial charge on any atom is -0.428 e. The summed E-state index contributed by atoms with van der Waals surface area (Å²) in [7, 11) is 0. The molecule has 2 atom stereocenters. The number of hydrogen-bond donors (Lipinski definition) is 0. The monoisotopic (exact) mass is 390 g/mol. The Hall–Kier alpha value is -1.57. The second-order valence-corrected chi connectivity index (χ2v) is 4.16. The lowest BCUT2D eigenvalue weighted by Gasteiger charge is -2.23. The maximum absolute atomic E-state index is 12.6. The molecule has 0 amide bonds. The van der Waals surface area contributed by atoms with Gasteiger partial charge in [-0.05, 0) is 0 Å². The second-order valence-electron chi connectivity index (χ2n) is 4.16. The van der Waals surface area contributed by atoms with Crippen molar-refractivity contribution in [1.29, 1.82) is 0 Å². The van der Waals surface area contributed by atoms with Gasteiger partial charge in [0.15, 0.2) is 13.2 Å². The molecule has 0 aromatic carbocycles. The van der Waals surface area contributed by atoms with E-state index in [1.807, 2.05) is 0 Å². The lowest BCUT2D eigenvalue weighted by molar-refractivity contribution is -0.257. The lowest BCUT2D eigenvalue weighted by atomic mass is 10.2. The molecule has 0 bridgehead atoms. The Morgan fingerprint density at radius 1 is 0.667 bits per heavy atom. The normalized spacial score (nSPS) is 16.5. The molecule has 0 saturated heterocycles. The van der Waals surface area contributed by atoms with Crippen molar-refractivity contribution in [2.24, 2.45) is 0 Å². The Kier molecular flexibility index (Phi) is 6.66. The van der Waals surface area contributed by atoms with Crippen molar-refractivity contribution >= 4 is 6.16 Å². The summed E-state index contributed by atoms with van der Waals surface area (Å²) in [6.07, 6.45) is -24.2. The van der Waals surface area contributed by atoms with Gasteiger partial charge in [0.05, 0.1) is 0 Å². The van der Waals surface area contributed by atoms with Crippen molar-refractivity contribution in [3.63, 3.8) is 0 Å². The smallest absolute Gasteiger partial charge is 0.428 e. The molecule has 3 nitrogen and oxygen atoms in total. The molecule has 0 aliphatic carbocycles. The first-order valence-electron chi connectivity index (χ1n) is 5.38. The average molecular weight is 390 g/mol. The highest BCUT2D eigenvalue weighted by molar-refractivity contribution is 5.59. The van der Waals surface area contributed by atoms with E-state index in [0.29, 0.717) is 0 Å². The van der Waals surface area contributed by atoms with Crippen molar-refractivity contribution in [2.75, 3.05) is 13.2 Å². The molecule has 0 radical (unpaired) electrons. The summed E-state index contributed by atoms with van der Waals surface area (Å²) in [5.41, 5.74) is 0. The fraction of sp³-hybridized carbons (Fsp3) is 0.889. The third-order valence-electron chi connectivity index (χ3n) is 2.08. The highest BCUT2D eigenvalue weighted by atomic mass is 19.4. The number of alkyl halides is 12. The SMILES string of the molecule is O=C(OCC(F)(F)[C@H](F)C(F)(F)F)OCC(F)(F)[C@H](F)C(F)(F)F. The predicted molar refractivity (Wildman–Crippen MR) is 49.1 cm³/mol. The van der Waals surface area contributed by atoms with E-state index in [0.717, 1.165) is 0 Å². The van der Waals surface area contributed by atoms with Gasteiger partial charge in [-0.25, -0.2) is 13.6 Å². The number of rotatable bonds is 6. The van der Waals surface area contributed by atoms with Crippen LogP contribution < -0.4 is 0 Å². The first kappa shape index (κ1) is 22.4. The van der Waals surface area contributed by atoms with Crippen molar-refractivity contribution in [3.05, 3.63) is 0 Å². The van der Waals surface area contributed by atoms with E-state index in [1.165, 1.54) is 0 Å². The van der Waals surface area contributed by atoms with E-state index in [1.54, 1.807) is 0 Å². The van der Waals surface area contributed by atoms with Gasteiger partial charge in [0, 0.05) is 0 Å². The standard InChI is InChI=1S/C9H6F12O3/c10-3(8(16,17)18)6(12,13)1-23-5(22)24-2-7(14,15)4(11)9(19,20)21/h3-4H,1-2H2/t3-,4-/m0/s1. The summed E-state index contributed by atoms with van der Waals surface area (Å²) in [4.78, 5) is 10.6. The van der Waals surface area contributed by atoms with E-state index >= 15 is 0 Å². The number of halogens is 12. The molecule has 0 aliphatic heterocycles. The molecular formula is C9H6F12O3. The van der Waals surface area contributed by atoms with Crippen molar-refractivity contribution in [1.82, 2.24) is 0 Å². The molecule has 0 N–H and O–H groups in total. The molecule has 0 spiro atoms. The summed E-state index contributed by atoms with van der Waals surface area (Å²) < 4.78 is 152. The zero-order chi connectivity index (χ0) is 19.6. The fourth-order valence-corrected chi connectivity index (χ4v) is 0.977. The van der Waals surface area contributed by atoms with Gasteiger partial charge in [-0.1, -0.05) is 0 Å². The number of carbonyl (C=O) groups excluding carboxylic acids is 1. The van der Waals surface area contributed by atoms with Crippen LogP contribution in [-0.2, 0) is 9.47 Å². The fourth-order valence-electron chi connectivity index (χ4n) is 0.977. The van der Waals surface area contributed by atoms with Crippen LogP contribution in [0, 0.1) is 0 Å². The quantitative estimate of drug-likeness (QED) is 0.504. The third kappa shape index (κ3) is 6.51. The molecule has 144 valence electrons. The van der Waals surface area contributed by atoms with Gasteiger partial charge in [-0.3, -0.25) is 0 Å². The van der Waals surface area contributed by atoms with Crippen LogP contribution in [0.4, 0.5) is 57.5 Å². The van der Waals surface area contributed by atoms with E-state index in [9.17, 15) is 57.5 Å². The van der Waals surface area contributed by atoms with Gasteiger partial charge < -0.3 is 9.47 Å². The van der Waals surface area contributed by atoms with Crippen LogP contribution in [0.1, 0.15) is 0 Å². The van der Waals surface area contributed by atoms with Crippen LogP contribution in [-0.4, -0.2) is 55.9 Å². The Balaban J connectivity index is 4.57. The average Bonchev–Trinajstić information content (AvgIpc) is 2.39. The summed E-state index contributed by atoms with van der Waals surface area (Å²) in [5, 5.41) is 0. The Labute approximate surface area is 124 Å². The number of carbonyl (C=O) groups is 1. The molecule has 0 aromatic rings. The van der Waals surface area contributed by atoms with Gasteiger partial charge >= 0.3 is 30.4 Å². The van der Waals surface area contributed by atoms with Gasteiger partial charge in [0.1, 0.15) is 0 Å². The topological polar surface area (TPSA) is 35.5 Å². The van der Waals surface area contributed by atoms with Crippen LogP contribution in [0.25, 0.3) is 0 Å². The Morgan fingerprint density at radius 3 is 1.12 bits per heavy atom. The molecule has 0 aromatic heterocycles. The maximum Gasteiger partial charge on any atom is 0.508 e. The Morgan fingerprint density at radius 2 is 0.917 bits per heavy atom. The summed E-state index contributed by atoms with van der Waals surface area (Å²) in [6, 6.07) is 0. The van der Waals surface area contributed by atoms with Crippen molar-refractivity contribution in [3.8, 4) is 0 Å². The van der Waals surface area contributed by atoms with Crippen LogP contribution in [0.15, 0.2) is 0 Å². The van der Waals surface area contributed by atoms with Crippen LogP contribution in [0.3, 0.4) is 0 Å². The third-order valence-corrected chi connectivity index (χ3v) is 2.08.